The normalized spacial score (nSPS) is 22.7. The van der Waals surface area contributed by atoms with E-state index in [1.54, 1.807) is 4.68 Å². The van der Waals surface area contributed by atoms with Crippen LogP contribution in [0.4, 0.5) is 0 Å². The summed E-state index contributed by atoms with van der Waals surface area (Å²) >= 11 is 0. The minimum absolute atomic E-state index is 0.226. The molecule has 3 rings (SSSR count). The second-order valence-electron chi connectivity index (χ2n) is 4.70. The summed E-state index contributed by atoms with van der Waals surface area (Å²) in [5.74, 6) is 0.226. The van der Waals surface area contributed by atoms with Crippen molar-refractivity contribution < 1.29 is 5.11 Å². The Morgan fingerprint density at radius 2 is 2.24 bits per heavy atom. The molecule has 2 unspecified atom stereocenters. The average Bonchev–Trinajstić information content (AvgIpc) is 2.86. The van der Waals surface area contributed by atoms with Crippen molar-refractivity contribution >= 4 is 0 Å². The molecule has 17 heavy (non-hydrogen) atoms. The number of hydrogen-bond acceptors (Lipinski definition) is 3. The standard InChI is InChI=1S/C13H15N3O/c1-16-8-11(14-15-16)7-10-6-9-4-2-3-5-12(9)13(10)17/h2-5,8,10,13,17H,6-7H2,1H3. The van der Waals surface area contributed by atoms with Crippen LogP contribution < -0.4 is 0 Å². The predicted molar refractivity (Wildman–Crippen MR) is 63.3 cm³/mol. The van der Waals surface area contributed by atoms with E-state index in [1.165, 1.54) is 5.56 Å². The molecule has 0 aliphatic heterocycles. The molecule has 0 amide bonds. The van der Waals surface area contributed by atoms with E-state index in [9.17, 15) is 5.11 Å². The molecule has 0 fully saturated rings. The first-order valence-corrected chi connectivity index (χ1v) is 5.85. The highest BCUT2D eigenvalue weighted by Crippen LogP contribution is 2.37. The zero-order chi connectivity index (χ0) is 11.8. The van der Waals surface area contributed by atoms with E-state index >= 15 is 0 Å². The van der Waals surface area contributed by atoms with Crippen molar-refractivity contribution in [2.75, 3.05) is 0 Å². The molecule has 1 aromatic carbocycles. The SMILES string of the molecule is Cn1cc(CC2Cc3ccccc3C2O)nn1. The molecule has 2 atom stereocenters. The molecule has 1 N–H and O–H groups in total. The number of rotatable bonds is 2. The van der Waals surface area contributed by atoms with Crippen LogP contribution in [0.1, 0.15) is 22.9 Å². The van der Waals surface area contributed by atoms with Gasteiger partial charge in [0.15, 0.2) is 0 Å². The molecule has 1 heterocycles. The lowest BCUT2D eigenvalue weighted by molar-refractivity contribution is 0.123. The van der Waals surface area contributed by atoms with Gasteiger partial charge in [-0.1, -0.05) is 29.5 Å². The minimum atomic E-state index is -0.367. The van der Waals surface area contributed by atoms with E-state index in [1.807, 2.05) is 31.4 Å². The second kappa shape index (κ2) is 3.96. The lowest BCUT2D eigenvalue weighted by Crippen LogP contribution is -2.10. The summed E-state index contributed by atoms with van der Waals surface area (Å²) in [5.41, 5.74) is 3.28. The first-order valence-electron chi connectivity index (χ1n) is 5.85. The maximum Gasteiger partial charge on any atom is 0.0831 e. The van der Waals surface area contributed by atoms with Crippen LogP contribution in [0.3, 0.4) is 0 Å². The van der Waals surface area contributed by atoms with Gasteiger partial charge >= 0.3 is 0 Å². The van der Waals surface area contributed by atoms with Crippen LogP contribution in [0.25, 0.3) is 0 Å². The van der Waals surface area contributed by atoms with E-state index in [-0.39, 0.29) is 12.0 Å². The van der Waals surface area contributed by atoms with Gasteiger partial charge < -0.3 is 5.11 Å². The molecule has 88 valence electrons. The Morgan fingerprint density at radius 1 is 1.41 bits per heavy atom. The lowest BCUT2D eigenvalue weighted by atomic mass is 9.98. The molecule has 4 nitrogen and oxygen atoms in total. The quantitative estimate of drug-likeness (QED) is 0.843. The van der Waals surface area contributed by atoms with Crippen molar-refractivity contribution in [2.24, 2.45) is 13.0 Å². The van der Waals surface area contributed by atoms with Gasteiger partial charge in [-0.05, 0) is 29.9 Å². The van der Waals surface area contributed by atoms with Crippen LogP contribution in [0.15, 0.2) is 30.5 Å². The fraction of sp³-hybridized carbons (Fsp3) is 0.385. The highest BCUT2D eigenvalue weighted by molar-refractivity contribution is 5.34. The first kappa shape index (κ1) is 10.5. The zero-order valence-electron chi connectivity index (χ0n) is 9.74. The molecule has 0 spiro atoms. The monoisotopic (exact) mass is 229 g/mol. The molecule has 0 saturated heterocycles. The third-order valence-electron chi connectivity index (χ3n) is 3.42. The topological polar surface area (TPSA) is 50.9 Å². The lowest BCUT2D eigenvalue weighted by Gasteiger charge is -2.12. The Balaban J connectivity index is 1.80. The van der Waals surface area contributed by atoms with Gasteiger partial charge in [-0.3, -0.25) is 4.68 Å². The number of aliphatic hydroxyl groups is 1. The Hall–Kier alpha value is -1.68. The van der Waals surface area contributed by atoms with Crippen LogP contribution in [-0.4, -0.2) is 20.1 Å². The molecule has 0 radical (unpaired) electrons. The smallest absolute Gasteiger partial charge is 0.0831 e. The predicted octanol–water partition coefficient (Wildman–Crippen LogP) is 1.26. The maximum absolute atomic E-state index is 10.3. The molecule has 1 aliphatic carbocycles. The largest absolute Gasteiger partial charge is 0.388 e. The molecule has 1 aromatic heterocycles. The van der Waals surface area contributed by atoms with Crippen molar-refractivity contribution in [3.63, 3.8) is 0 Å². The number of benzene rings is 1. The minimum Gasteiger partial charge on any atom is -0.388 e. The fourth-order valence-electron chi connectivity index (χ4n) is 2.60. The summed E-state index contributed by atoms with van der Waals surface area (Å²) in [6.45, 7) is 0. The van der Waals surface area contributed by atoms with Gasteiger partial charge in [0.25, 0.3) is 0 Å². The van der Waals surface area contributed by atoms with E-state index in [0.717, 1.165) is 24.1 Å². The summed E-state index contributed by atoms with van der Waals surface area (Å²) in [6, 6.07) is 8.11. The van der Waals surface area contributed by atoms with Gasteiger partial charge in [-0.15, -0.1) is 5.10 Å². The van der Waals surface area contributed by atoms with Crippen LogP contribution in [0, 0.1) is 5.92 Å². The number of aromatic nitrogens is 3. The van der Waals surface area contributed by atoms with Crippen molar-refractivity contribution in [3.8, 4) is 0 Å². The Kier molecular flexibility index (Phi) is 2.44. The summed E-state index contributed by atoms with van der Waals surface area (Å²) in [7, 11) is 1.86. The number of aliphatic hydroxyl groups excluding tert-OH is 1. The van der Waals surface area contributed by atoms with Crippen molar-refractivity contribution in [1.82, 2.24) is 15.0 Å². The van der Waals surface area contributed by atoms with E-state index < -0.39 is 0 Å². The van der Waals surface area contributed by atoms with Gasteiger partial charge in [0.2, 0.25) is 0 Å². The van der Waals surface area contributed by atoms with Crippen LogP contribution in [0.5, 0.6) is 0 Å². The summed E-state index contributed by atoms with van der Waals surface area (Å²) in [4.78, 5) is 0. The van der Waals surface area contributed by atoms with Gasteiger partial charge in [0.05, 0.1) is 11.8 Å². The Morgan fingerprint density at radius 3 is 2.94 bits per heavy atom. The fourth-order valence-corrected chi connectivity index (χ4v) is 2.60. The number of hydrogen-bond donors (Lipinski definition) is 1. The number of fused-ring (bicyclic) bond motifs is 1. The summed E-state index contributed by atoms with van der Waals surface area (Å²) in [6.07, 6.45) is 3.25. The zero-order valence-corrected chi connectivity index (χ0v) is 9.74. The van der Waals surface area contributed by atoms with Crippen molar-refractivity contribution in [1.29, 1.82) is 0 Å². The van der Waals surface area contributed by atoms with Gasteiger partial charge in [0.1, 0.15) is 0 Å². The Bertz CT molecular complexity index is 535. The maximum atomic E-state index is 10.3. The van der Waals surface area contributed by atoms with Gasteiger partial charge in [-0.2, -0.15) is 0 Å². The van der Waals surface area contributed by atoms with E-state index in [2.05, 4.69) is 16.4 Å². The molecular weight excluding hydrogens is 214 g/mol. The van der Waals surface area contributed by atoms with E-state index in [4.69, 9.17) is 0 Å². The van der Waals surface area contributed by atoms with Gasteiger partial charge in [0, 0.05) is 13.2 Å². The average molecular weight is 229 g/mol. The molecule has 0 bridgehead atoms. The summed E-state index contributed by atoms with van der Waals surface area (Å²) < 4.78 is 1.70. The van der Waals surface area contributed by atoms with Crippen LogP contribution in [0.2, 0.25) is 0 Å². The molecule has 2 aromatic rings. The highest BCUT2D eigenvalue weighted by atomic mass is 16.3. The summed E-state index contributed by atoms with van der Waals surface area (Å²) in [5, 5.41) is 18.3. The highest BCUT2D eigenvalue weighted by Gasteiger charge is 2.31. The van der Waals surface area contributed by atoms with Crippen LogP contribution in [-0.2, 0) is 19.9 Å². The molecule has 4 heteroatoms. The third-order valence-corrected chi connectivity index (χ3v) is 3.42. The molecule has 0 saturated carbocycles. The molecule has 1 aliphatic rings. The van der Waals surface area contributed by atoms with Crippen molar-refractivity contribution in [2.45, 2.75) is 18.9 Å². The van der Waals surface area contributed by atoms with Crippen molar-refractivity contribution in [3.05, 3.63) is 47.3 Å². The molecular formula is C13H15N3O. The third kappa shape index (κ3) is 1.85. The number of aryl methyl sites for hydroxylation is 1. The van der Waals surface area contributed by atoms with Crippen LogP contribution >= 0.6 is 0 Å². The Labute approximate surface area is 99.9 Å². The van der Waals surface area contributed by atoms with E-state index in [0.29, 0.717) is 0 Å². The van der Waals surface area contributed by atoms with Gasteiger partial charge in [-0.25, -0.2) is 0 Å². The first-order chi connectivity index (χ1) is 8.24. The second-order valence-corrected chi connectivity index (χ2v) is 4.70. The number of nitrogens with zero attached hydrogens (tertiary/aromatic N) is 3.